The largest absolute Gasteiger partial charge is 0.463 e. The van der Waals surface area contributed by atoms with Crippen LogP contribution in [0.2, 0.25) is 0 Å². The van der Waals surface area contributed by atoms with E-state index < -0.39 is 67.0 Å². The third-order valence-corrected chi connectivity index (χ3v) is 5.90. The lowest BCUT2D eigenvalue weighted by Crippen LogP contribution is -2.67. The predicted molar refractivity (Wildman–Crippen MR) is 143 cm³/mol. The summed E-state index contributed by atoms with van der Waals surface area (Å²) in [5, 5.41) is 2.72. The molecule has 42 heavy (non-hydrogen) atoms. The maximum Gasteiger partial charge on any atom is 0.305 e. The van der Waals surface area contributed by atoms with Crippen LogP contribution in [0.1, 0.15) is 39.1 Å². The maximum absolute atomic E-state index is 13.5. The minimum Gasteiger partial charge on any atom is -0.463 e. The fraction of sp³-hybridized carbons (Fsp3) is 0.464. The Kier molecular flexibility index (Phi) is 11.9. The molecule has 5 atom stereocenters. The van der Waals surface area contributed by atoms with E-state index in [1.165, 1.54) is 6.92 Å². The highest BCUT2D eigenvalue weighted by atomic mass is 16.7. The van der Waals surface area contributed by atoms with Crippen LogP contribution >= 0.6 is 0 Å². The van der Waals surface area contributed by atoms with Crippen LogP contribution < -0.4 is 5.32 Å². The average molecular weight is 587 g/mol. The molecular formula is C28H34N4O10. The van der Waals surface area contributed by atoms with Crippen molar-refractivity contribution in [1.29, 1.82) is 0 Å². The zero-order chi connectivity index (χ0) is 30.6. The monoisotopic (exact) mass is 586 g/mol. The van der Waals surface area contributed by atoms with Crippen LogP contribution in [0.25, 0.3) is 0 Å². The zero-order valence-corrected chi connectivity index (χ0v) is 23.8. The van der Waals surface area contributed by atoms with Crippen LogP contribution in [0.5, 0.6) is 0 Å². The third-order valence-electron chi connectivity index (χ3n) is 5.90. The molecule has 0 aliphatic carbocycles. The van der Waals surface area contributed by atoms with Crippen LogP contribution in [0.15, 0.2) is 48.8 Å². The number of hydrogen-bond acceptors (Lipinski definition) is 13. The lowest BCUT2D eigenvalue weighted by molar-refractivity contribution is -0.271. The summed E-state index contributed by atoms with van der Waals surface area (Å²) >= 11 is 0. The number of aromatic nitrogens is 2. The molecule has 1 saturated heterocycles. The number of carbonyl (C=O) groups is 5. The molecule has 0 saturated carbocycles. The number of nitrogens with one attached hydrogen (secondary N) is 1. The SMILES string of the molecule is CC(=O)OCC1O[C@@H](OC(C)=O)C(NC(=O)CN(Cc2ccccn2)Cc2ccccn2)C(OC(C)=O)[C@H]1OC(C)=O. The zero-order valence-electron chi connectivity index (χ0n) is 23.8. The Morgan fingerprint density at radius 1 is 0.786 bits per heavy atom. The maximum atomic E-state index is 13.5. The molecule has 226 valence electrons. The number of rotatable bonds is 12. The van der Waals surface area contributed by atoms with Crippen molar-refractivity contribution in [3.05, 3.63) is 60.2 Å². The van der Waals surface area contributed by atoms with Crippen molar-refractivity contribution in [1.82, 2.24) is 20.2 Å². The first-order chi connectivity index (χ1) is 20.0. The van der Waals surface area contributed by atoms with Crippen molar-refractivity contribution in [2.24, 2.45) is 0 Å². The number of ether oxygens (including phenoxy) is 5. The minimum absolute atomic E-state index is 0.168. The van der Waals surface area contributed by atoms with Gasteiger partial charge in [0.15, 0.2) is 12.2 Å². The van der Waals surface area contributed by atoms with Gasteiger partial charge in [0.2, 0.25) is 12.2 Å². The lowest BCUT2D eigenvalue weighted by Gasteiger charge is -2.44. The summed E-state index contributed by atoms with van der Waals surface area (Å²) in [5.74, 6) is -3.47. The lowest BCUT2D eigenvalue weighted by atomic mass is 9.96. The van der Waals surface area contributed by atoms with Gasteiger partial charge in [-0.2, -0.15) is 0 Å². The molecule has 0 spiro atoms. The van der Waals surface area contributed by atoms with E-state index >= 15 is 0 Å². The number of pyridine rings is 2. The van der Waals surface area contributed by atoms with Gasteiger partial charge < -0.3 is 29.0 Å². The summed E-state index contributed by atoms with van der Waals surface area (Å²) in [6.45, 7) is 4.57. The molecule has 1 aliphatic heterocycles. The molecule has 1 N–H and O–H groups in total. The number of amides is 1. The molecule has 0 bridgehead atoms. The molecule has 0 radical (unpaired) electrons. The standard InChI is InChI=1S/C28H34N4O10/c1-17(33)38-16-23-26(39-18(2)34)27(40-19(3)35)25(28(42-23)41-20(4)36)31-24(37)15-32(13-21-9-5-7-11-29-21)14-22-10-6-8-12-30-22/h5-12,23,25-28H,13-16H2,1-4H3,(H,31,37)/t23?,25?,26-,27?,28+/m0/s1. The number of hydrogen-bond donors (Lipinski definition) is 1. The van der Waals surface area contributed by atoms with Gasteiger partial charge in [-0.25, -0.2) is 0 Å². The van der Waals surface area contributed by atoms with Crippen molar-refractivity contribution < 1.29 is 47.7 Å². The molecule has 14 nitrogen and oxygen atoms in total. The van der Waals surface area contributed by atoms with E-state index in [0.29, 0.717) is 24.5 Å². The number of carbonyl (C=O) groups excluding carboxylic acids is 5. The smallest absolute Gasteiger partial charge is 0.305 e. The molecule has 1 aliphatic rings. The minimum atomic E-state index is -1.48. The van der Waals surface area contributed by atoms with Gasteiger partial charge >= 0.3 is 23.9 Å². The highest BCUT2D eigenvalue weighted by Crippen LogP contribution is 2.28. The van der Waals surface area contributed by atoms with Crippen molar-refractivity contribution in [2.75, 3.05) is 13.2 Å². The van der Waals surface area contributed by atoms with Gasteiger partial charge in [-0.3, -0.25) is 38.8 Å². The second kappa shape index (κ2) is 15.5. The second-order valence-corrected chi connectivity index (χ2v) is 9.48. The highest BCUT2D eigenvalue weighted by molar-refractivity contribution is 5.79. The van der Waals surface area contributed by atoms with Crippen molar-refractivity contribution >= 4 is 29.8 Å². The van der Waals surface area contributed by atoms with Gasteiger partial charge in [0, 0.05) is 53.2 Å². The topological polar surface area (TPSA) is 173 Å². The van der Waals surface area contributed by atoms with Gasteiger partial charge in [-0.05, 0) is 24.3 Å². The normalized spacial score (nSPS) is 21.6. The Morgan fingerprint density at radius 2 is 1.33 bits per heavy atom. The second-order valence-electron chi connectivity index (χ2n) is 9.48. The Bertz CT molecular complexity index is 1190. The Morgan fingerprint density at radius 3 is 1.81 bits per heavy atom. The van der Waals surface area contributed by atoms with Crippen LogP contribution in [-0.2, 0) is 60.7 Å². The van der Waals surface area contributed by atoms with Crippen molar-refractivity contribution in [3.63, 3.8) is 0 Å². The fourth-order valence-corrected chi connectivity index (χ4v) is 4.36. The quantitative estimate of drug-likeness (QED) is 0.272. The highest BCUT2D eigenvalue weighted by Gasteiger charge is 2.52. The molecule has 2 aromatic rings. The van der Waals surface area contributed by atoms with Crippen LogP contribution in [0.3, 0.4) is 0 Å². The molecule has 1 amide bonds. The Labute approximate surface area is 242 Å². The van der Waals surface area contributed by atoms with E-state index in [4.69, 9.17) is 23.7 Å². The van der Waals surface area contributed by atoms with E-state index in [1.807, 2.05) is 24.3 Å². The first-order valence-electron chi connectivity index (χ1n) is 13.1. The molecule has 0 aromatic carbocycles. The summed E-state index contributed by atoms with van der Waals surface area (Å²) in [6, 6.07) is 9.56. The van der Waals surface area contributed by atoms with E-state index in [2.05, 4.69) is 15.3 Å². The van der Waals surface area contributed by atoms with E-state index in [0.717, 1.165) is 20.8 Å². The third kappa shape index (κ3) is 10.2. The molecule has 14 heteroatoms. The first kappa shape index (κ1) is 32.1. The van der Waals surface area contributed by atoms with Gasteiger partial charge in [0.1, 0.15) is 18.8 Å². The summed E-state index contributed by atoms with van der Waals surface area (Å²) in [5.41, 5.74) is 1.42. The first-order valence-corrected chi connectivity index (χ1v) is 13.1. The van der Waals surface area contributed by atoms with E-state index in [9.17, 15) is 24.0 Å². The van der Waals surface area contributed by atoms with Crippen LogP contribution in [0.4, 0.5) is 0 Å². The summed E-state index contributed by atoms with van der Waals surface area (Å²) in [4.78, 5) is 71.5. The number of nitrogens with zero attached hydrogens (tertiary/aromatic N) is 3. The fourth-order valence-electron chi connectivity index (χ4n) is 4.36. The van der Waals surface area contributed by atoms with Crippen molar-refractivity contribution in [3.8, 4) is 0 Å². The molecule has 1 fully saturated rings. The van der Waals surface area contributed by atoms with Gasteiger partial charge in [-0.15, -0.1) is 0 Å². The Balaban J connectivity index is 1.89. The van der Waals surface area contributed by atoms with Crippen molar-refractivity contribution in [2.45, 2.75) is 71.4 Å². The van der Waals surface area contributed by atoms with Crippen LogP contribution in [0, 0.1) is 0 Å². The van der Waals surface area contributed by atoms with Crippen LogP contribution in [-0.4, -0.2) is 88.4 Å². The molecule has 3 rings (SSSR count). The van der Waals surface area contributed by atoms with Gasteiger partial charge in [-0.1, -0.05) is 12.1 Å². The summed E-state index contributed by atoms with van der Waals surface area (Å²) < 4.78 is 27.1. The van der Waals surface area contributed by atoms with E-state index in [-0.39, 0.29) is 6.54 Å². The number of esters is 4. The molecule has 3 heterocycles. The Hall–Kier alpha value is -4.43. The molecule has 3 unspecified atom stereocenters. The van der Waals surface area contributed by atoms with E-state index in [1.54, 1.807) is 29.4 Å². The average Bonchev–Trinajstić information content (AvgIpc) is 2.91. The summed E-state index contributed by atoms with van der Waals surface area (Å²) in [7, 11) is 0. The van der Waals surface area contributed by atoms with Gasteiger partial charge in [0.05, 0.1) is 17.9 Å². The van der Waals surface area contributed by atoms with Gasteiger partial charge in [0.25, 0.3) is 0 Å². The molecule has 2 aromatic heterocycles. The molecular weight excluding hydrogens is 552 g/mol. The predicted octanol–water partition coefficient (Wildman–Crippen LogP) is 0.678. The summed E-state index contributed by atoms with van der Waals surface area (Å²) in [6.07, 6.45) is -2.08.